The van der Waals surface area contributed by atoms with E-state index in [2.05, 4.69) is 11.4 Å². The molecule has 0 aromatic heterocycles. The second-order valence-electron chi connectivity index (χ2n) is 6.18. The molecule has 0 heterocycles. The molecule has 0 fully saturated rings. The molecule has 3 aromatic carbocycles. The van der Waals surface area contributed by atoms with Gasteiger partial charge in [0, 0.05) is 11.3 Å². The van der Waals surface area contributed by atoms with E-state index in [1.165, 1.54) is 0 Å². The lowest BCUT2D eigenvalue weighted by Crippen LogP contribution is -2.15. The molecular formula is C22H18N2O2. The summed E-state index contributed by atoms with van der Waals surface area (Å²) in [6.45, 7) is 3.81. The SMILES string of the molecule is Cc1cc(-c2ccc(O)cc2)cc(C)c1C(=O)Nc1ccc(C#N)cc1. The van der Waals surface area contributed by atoms with Crippen molar-refractivity contribution in [1.29, 1.82) is 5.26 Å². The Morgan fingerprint density at radius 2 is 1.50 bits per heavy atom. The van der Waals surface area contributed by atoms with E-state index in [-0.39, 0.29) is 11.7 Å². The van der Waals surface area contributed by atoms with Crippen LogP contribution in [-0.2, 0) is 0 Å². The quantitative estimate of drug-likeness (QED) is 0.718. The second kappa shape index (κ2) is 7.12. The Balaban J connectivity index is 1.88. The lowest BCUT2D eigenvalue weighted by atomic mass is 9.95. The minimum absolute atomic E-state index is 0.179. The molecular weight excluding hydrogens is 324 g/mol. The van der Waals surface area contributed by atoms with Crippen LogP contribution in [0.5, 0.6) is 5.75 Å². The summed E-state index contributed by atoms with van der Waals surface area (Å²) in [5.41, 5.74) is 5.56. The predicted molar refractivity (Wildman–Crippen MR) is 102 cm³/mol. The molecule has 0 aliphatic carbocycles. The summed E-state index contributed by atoms with van der Waals surface area (Å²) >= 11 is 0. The number of aryl methyl sites for hydroxylation is 2. The maximum Gasteiger partial charge on any atom is 0.256 e. The minimum Gasteiger partial charge on any atom is -0.508 e. The van der Waals surface area contributed by atoms with Gasteiger partial charge >= 0.3 is 0 Å². The monoisotopic (exact) mass is 342 g/mol. The minimum atomic E-state index is -0.179. The molecule has 4 nitrogen and oxygen atoms in total. The zero-order valence-corrected chi connectivity index (χ0v) is 14.6. The van der Waals surface area contributed by atoms with Crippen LogP contribution in [0, 0.1) is 25.2 Å². The maximum absolute atomic E-state index is 12.7. The van der Waals surface area contributed by atoms with E-state index in [0.717, 1.165) is 22.3 Å². The number of carbonyl (C=O) groups is 1. The Labute approximate surface area is 152 Å². The molecule has 4 heteroatoms. The van der Waals surface area contributed by atoms with Crippen molar-refractivity contribution in [3.8, 4) is 22.9 Å². The van der Waals surface area contributed by atoms with Crippen LogP contribution in [0.3, 0.4) is 0 Å². The zero-order chi connectivity index (χ0) is 18.7. The van der Waals surface area contributed by atoms with E-state index in [4.69, 9.17) is 5.26 Å². The van der Waals surface area contributed by atoms with Crippen molar-refractivity contribution >= 4 is 11.6 Å². The third-order valence-corrected chi connectivity index (χ3v) is 4.23. The van der Waals surface area contributed by atoms with Gasteiger partial charge in [0.15, 0.2) is 0 Å². The first kappa shape index (κ1) is 17.2. The zero-order valence-electron chi connectivity index (χ0n) is 14.6. The normalized spacial score (nSPS) is 10.2. The van der Waals surface area contributed by atoms with Gasteiger partial charge in [-0.2, -0.15) is 5.26 Å². The van der Waals surface area contributed by atoms with Crippen LogP contribution < -0.4 is 5.32 Å². The molecule has 0 unspecified atom stereocenters. The number of nitrogens with one attached hydrogen (secondary N) is 1. The molecule has 2 N–H and O–H groups in total. The number of benzene rings is 3. The molecule has 0 spiro atoms. The van der Waals surface area contributed by atoms with Crippen LogP contribution in [0.4, 0.5) is 5.69 Å². The average molecular weight is 342 g/mol. The number of anilines is 1. The van der Waals surface area contributed by atoms with Crippen molar-refractivity contribution < 1.29 is 9.90 Å². The first-order chi connectivity index (χ1) is 12.5. The molecule has 0 radical (unpaired) electrons. The molecule has 1 amide bonds. The summed E-state index contributed by atoms with van der Waals surface area (Å²) in [4.78, 5) is 12.7. The van der Waals surface area contributed by atoms with Crippen molar-refractivity contribution in [1.82, 2.24) is 0 Å². The van der Waals surface area contributed by atoms with Gasteiger partial charge in [-0.1, -0.05) is 24.3 Å². The van der Waals surface area contributed by atoms with Gasteiger partial charge in [-0.3, -0.25) is 4.79 Å². The van der Waals surface area contributed by atoms with Crippen LogP contribution in [0.2, 0.25) is 0 Å². The number of nitriles is 1. The van der Waals surface area contributed by atoms with Gasteiger partial charge in [-0.05, 0) is 72.5 Å². The summed E-state index contributed by atoms with van der Waals surface area (Å²) < 4.78 is 0. The fourth-order valence-corrected chi connectivity index (χ4v) is 2.96. The third kappa shape index (κ3) is 3.57. The van der Waals surface area contributed by atoms with E-state index >= 15 is 0 Å². The molecule has 0 saturated carbocycles. The van der Waals surface area contributed by atoms with E-state index < -0.39 is 0 Å². The van der Waals surface area contributed by atoms with Gasteiger partial charge in [0.2, 0.25) is 0 Å². The summed E-state index contributed by atoms with van der Waals surface area (Å²) in [5.74, 6) is 0.0440. The fraction of sp³-hybridized carbons (Fsp3) is 0.0909. The molecule has 0 saturated heterocycles. The first-order valence-corrected chi connectivity index (χ1v) is 8.20. The molecule has 0 aliphatic heterocycles. The van der Waals surface area contributed by atoms with Gasteiger partial charge in [0.05, 0.1) is 11.6 Å². The summed E-state index contributed by atoms with van der Waals surface area (Å²) in [6.07, 6.45) is 0. The second-order valence-corrected chi connectivity index (χ2v) is 6.18. The smallest absolute Gasteiger partial charge is 0.256 e. The summed E-state index contributed by atoms with van der Waals surface area (Å²) in [6, 6.07) is 19.7. The number of amides is 1. The third-order valence-electron chi connectivity index (χ3n) is 4.23. The molecule has 3 aromatic rings. The van der Waals surface area contributed by atoms with Gasteiger partial charge in [-0.15, -0.1) is 0 Å². The largest absolute Gasteiger partial charge is 0.508 e. The van der Waals surface area contributed by atoms with Gasteiger partial charge < -0.3 is 10.4 Å². The Morgan fingerprint density at radius 1 is 0.923 bits per heavy atom. The molecule has 3 rings (SSSR count). The molecule has 0 bridgehead atoms. The number of phenolic OH excluding ortho intramolecular Hbond substituents is 1. The molecule has 128 valence electrons. The van der Waals surface area contributed by atoms with Crippen molar-refractivity contribution in [2.75, 3.05) is 5.32 Å². The van der Waals surface area contributed by atoms with E-state index in [9.17, 15) is 9.90 Å². The van der Waals surface area contributed by atoms with Crippen LogP contribution in [0.1, 0.15) is 27.0 Å². The highest BCUT2D eigenvalue weighted by Gasteiger charge is 2.14. The van der Waals surface area contributed by atoms with Crippen molar-refractivity contribution in [2.45, 2.75) is 13.8 Å². The highest BCUT2D eigenvalue weighted by atomic mass is 16.3. The Kier molecular flexibility index (Phi) is 4.72. The lowest BCUT2D eigenvalue weighted by molar-refractivity contribution is 0.102. The van der Waals surface area contributed by atoms with Crippen molar-refractivity contribution in [3.05, 3.63) is 82.9 Å². The molecule has 0 atom stereocenters. The van der Waals surface area contributed by atoms with Gasteiger partial charge in [0.25, 0.3) is 5.91 Å². The number of nitrogens with zero attached hydrogens (tertiary/aromatic N) is 1. The van der Waals surface area contributed by atoms with Gasteiger partial charge in [0.1, 0.15) is 5.75 Å². The number of aromatic hydroxyl groups is 1. The van der Waals surface area contributed by atoms with Gasteiger partial charge in [-0.25, -0.2) is 0 Å². The van der Waals surface area contributed by atoms with Crippen LogP contribution in [-0.4, -0.2) is 11.0 Å². The highest BCUT2D eigenvalue weighted by molar-refractivity contribution is 6.06. The van der Waals surface area contributed by atoms with E-state index in [1.807, 2.05) is 38.1 Å². The number of carbonyl (C=O) groups excluding carboxylic acids is 1. The van der Waals surface area contributed by atoms with Crippen molar-refractivity contribution in [2.24, 2.45) is 0 Å². The Hall–Kier alpha value is -3.58. The molecule has 0 aliphatic rings. The average Bonchev–Trinajstić information content (AvgIpc) is 2.62. The summed E-state index contributed by atoms with van der Waals surface area (Å²) in [7, 11) is 0. The summed E-state index contributed by atoms with van der Waals surface area (Å²) in [5, 5.41) is 21.2. The number of rotatable bonds is 3. The van der Waals surface area contributed by atoms with Crippen LogP contribution in [0.15, 0.2) is 60.7 Å². The van der Waals surface area contributed by atoms with Crippen molar-refractivity contribution in [3.63, 3.8) is 0 Å². The highest BCUT2D eigenvalue weighted by Crippen LogP contribution is 2.27. The standard InChI is InChI=1S/C22H18N2O2/c1-14-11-18(17-5-9-20(25)10-6-17)12-15(2)21(14)22(26)24-19-7-3-16(13-23)4-8-19/h3-12,25H,1-2H3,(H,24,26). The number of phenols is 1. The van der Waals surface area contributed by atoms with Crippen LogP contribution in [0.25, 0.3) is 11.1 Å². The molecule has 26 heavy (non-hydrogen) atoms. The fourth-order valence-electron chi connectivity index (χ4n) is 2.96. The number of hydrogen-bond acceptors (Lipinski definition) is 3. The van der Waals surface area contributed by atoms with E-state index in [1.54, 1.807) is 36.4 Å². The first-order valence-electron chi connectivity index (χ1n) is 8.20. The van der Waals surface area contributed by atoms with Crippen LogP contribution >= 0.6 is 0 Å². The predicted octanol–water partition coefficient (Wildman–Crippen LogP) is 4.80. The Bertz CT molecular complexity index is 975. The topological polar surface area (TPSA) is 73.1 Å². The lowest BCUT2D eigenvalue weighted by Gasteiger charge is -2.13. The maximum atomic E-state index is 12.7. The number of hydrogen-bond donors (Lipinski definition) is 2. The Morgan fingerprint density at radius 3 is 2.04 bits per heavy atom. The van der Waals surface area contributed by atoms with E-state index in [0.29, 0.717) is 16.8 Å².